The number of carbonyl (C=O) groups excluding carboxylic acids is 1. The lowest BCUT2D eigenvalue weighted by Crippen LogP contribution is -2.16. The Kier molecular flexibility index (Phi) is 7.57. The number of alkyl halides is 3. The summed E-state index contributed by atoms with van der Waals surface area (Å²) in [5.41, 5.74) is -0.428. The summed E-state index contributed by atoms with van der Waals surface area (Å²) in [5.74, 6) is -1.61. The number of halogens is 5. The van der Waals surface area contributed by atoms with Gasteiger partial charge in [0, 0.05) is 23.7 Å². The van der Waals surface area contributed by atoms with Crippen LogP contribution in [0.3, 0.4) is 0 Å². The van der Waals surface area contributed by atoms with E-state index < -0.39 is 28.5 Å². The molecule has 0 aliphatic rings. The van der Waals surface area contributed by atoms with Gasteiger partial charge in [0.25, 0.3) is 5.91 Å². The van der Waals surface area contributed by atoms with Crippen molar-refractivity contribution in [3.8, 4) is 5.75 Å². The van der Waals surface area contributed by atoms with Gasteiger partial charge in [0.15, 0.2) is 5.83 Å². The normalized spacial score (nSPS) is 12.2. The molecule has 1 aromatic heterocycles. The second-order valence-electron chi connectivity index (χ2n) is 7.38. The van der Waals surface area contributed by atoms with E-state index in [-0.39, 0.29) is 29.5 Å². The number of fused-ring (bicyclic) bond motifs is 1. The number of ether oxygens (including phenoxy) is 1. The smallest absolute Gasteiger partial charge is 0.417 e. The maximum Gasteiger partial charge on any atom is 0.417 e. The zero-order valence-corrected chi connectivity index (χ0v) is 19.1. The number of amides is 1. The predicted molar refractivity (Wildman–Crippen MR) is 122 cm³/mol. The van der Waals surface area contributed by atoms with E-state index in [9.17, 15) is 22.4 Å². The molecule has 1 amide bonds. The Morgan fingerprint density at radius 2 is 1.94 bits per heavy atom. The van der Waals surface area contributed by atoms with Crippen LogP contribution in [0.15, 0.2) is 48.6 Å². The van der Waals surface area contributed by atoms with Gasteiger partial charge in [-0.3, -0.25) is 4.79 Å². The van der Waals surface area contributed by atoms with Crippen molar-refractivity contribution in [3.05, 3.63) is 59.1 Å². The molecule has 0 fully saturated rings. The van der Waals surface area contributed by atoms with Gasteiger partial charge in [-0.05, 0) is 44.4 Å². The average Bonchev–Trinajstić information content (AvgIpc) is 2.77. The summed E-state index contributed by atoms with van der Waals surface area (Å²) in [4.78, 5) is 22.2. The summed E-state index contributed by atoms with van der Waals surface area (Å²) in [6.07, 6.45) is -2.30. The lowest BCUT2D eigenvalue weighted by molar-refractivity contribution is -0.137. The zero-order valence-electron chi connectivity index (χ0n) is 18.3. The predicted octanol–water partition coefficient (Wildman–Crippen LogP) is 5.41. The maximum atomic E-state index is 14.2. The molecule has 0 saturated heterocycles. The molecule has 2 N–H and O–H groups in total. The van der Waals surface area contributed by atoms with Gasteiger partial charge >= 0.3 is 6.18 Å². The van der Waals surface area contributed by atoms with Crippen LogP contribution in [0.25, 0.3) is 10.9 Å². The van der Waals surface area contributed by atoms with Crippen molar-refractivity contribution in [2.75, 3.05) is 38.4 Å². The number of nitrogens with one attached hydrogen (secondary N) is 2. The van der Waals surface area contributed by atoms with Crippen LogP contribution in [0.2, 0.25) is 5.02 Å². The third-order valence-electron chi connectivity index (χ3n) is 4.59. The number of hydrogen-bond donors (Lipinski definition) is 2. The number of likely N-dealkylation sites (N-methyl/N-ethyl adjacent to an activating group) is 1. The van der Waals surface area contributed by atoms with Gasteiger partial charge in [-0.25, -0.2) is 14.4 Å². The van der Waals surface area contributed by atoms with E-state index in [1.54, 1.807) is 19.0 Å². The van der Waals surface area contributed by atoms with Gasteiger partial charge in [-0.2, -0.15) is 13.2 Å². The van der Waals surface area contributed by atoms with Crippen LogP contribution in [0.5, 0.6) is 5.75 Å². The van der Waals surface area contributed by atoms with Crippen molar-refractivity contribution in [2.45, 2.75) is 6.18 Å². The van der Waals surface area contributed by atoms with E-state index in [4.69, 9.17) is 16.3 Å². The Labute approximate surface area is 197 Å². The molecule has 34 heavy (non-hydrogen) atoms. The third kappa shape index (κ3) is 5.91. The second-order valence-corrected chi connectivity index (χ2v) is 7.78. The lowest BCUT2D eigenvalue weighted by atomic mass is 10.1. The molecule has 0 unspecified atom stereocenters. The molecule has 12 heteroatoms. The molecular weight excluding hydrogens is 478 g/mol. The van der Waals surface area contributed by atoms with E-state index in [0.29, 0.717) is 10.9 Å². The van der Waals surface area contributed by atoms with Crippen molar-refractivity contribution in [2.24, 2.45) is 0 Å². The number of anilines is 3. The fourth-order valence-electron chi connectivity index (χ4n) is 2.94. The van der Waals surface area contributed by atoms with E-state index in [0.717, 1.165) is 18.2 Å². The SMILES string of the molecule is COc1cc2ncnc(Nc3ccc(Cl)c(C(F)(F)F)c3)c2cc1NC(=O)C(F)=CCN(C)C. The van der Waals surface area contributed by atoms with Gasteiger partial charge in [0.05, 0.1) is 28.9 Å². The number of carbonyl (C=O) groups is 1. The highest BCUT2D eigenvalue weighted by Gasteiger charge is 2.33. The monoisotopic (exact) mass is 497 g/mol. The van der Waals surface area contributed by atoms with Crippen molar-refractivity contribution >= 4 is 45.6 Å². The second kappa shape index (κ2) is 10.2. The van der Waals surface area contributed by atoms with Crippen molar-refractivity contribution < 1.29 is 27.1 Å². The van der Waals surface area contributed by atoms with Crippen LogP contribution in [0, 0.1) is 0 Å². The van der Waals surface area contributed by atoms with Gasteiger partial charge in [0.2, 0.25) is 0 Å². The maximum absolute atomic E-state index is 14.2. The standard InChI is InChI=1S/C22H20ClF4N5O2/c1-32(2)7-6-16(24)21(33)31-18-9-13-17(10-19(18)34-3)28-11-29-20(13)30-12-4-5-15(23)14(8-12)22(25,26)27/h4-6,8-11H,7H2,1-3H3,(H,31,33)(H,28,29,30). The third-order valence-corrected chi connectivity index (χ3v) is 4.92. The molecule has 0 spiro atoms. The molecule has 0 atom stereocenters. The van der Waals surface area contributed by atoms with Crippen LogP contribution in [0.1, 0.15) is 5.56 Å². The van der Waals surface area contributed by atoms with E-state index in [2.05, 4.69) is 20.6 Å². The summed E-state index contributed by atoms with van der Waals surface area (Å²) < 4.78 is 59.1. The summed E-state index contributed by atoms with van der Waals surface area (Å²) >= 11 is 5.68. The first-order valence-corrected chi connectivity index (χ1v) is 10.2. The minimum atomic E-state index is -4.64. The van der Waals surface area contributed by atoms with Crippen molar-refractivity contribution in [1.29, 1.82) is 0 Å². The molecule has 180 valence electrons. The fourth-order valence-corrected chi connectivity index (χ4v) is 3.17. The van der Waals surface area contributed by atoms with E-state index in [1.165, 1.54) is 31.6 Å². The molecular formula is C22H20ClF4N5O2. The van der Waals surface area contributed by atoms with Gasteiger partial charge in [-0.15, -0.1) is 0 Å². The summed E-state index contributed by atoms with van der Waals surface area (Å²) in [6.45, 7) is 0.219. The Morgan fingerprint density at radius 3 is 2.59 bits per heavy atom. The molecule has 3 rings (SSSR count). The molecule has 2 aromatic carbocycles. The van der Waals surface area contributed by atoms with Gasteiger partial charge in [-0.1, -0.05) is 11.6 Å². The first-order valence-electron chi connectivity index (χ1n) is 9.78. The number of methoxy groups -OCH3 is 1. The van der Waals surface area contributed by atoms with Crippen molar-refractivity contribution in [3.63, 3.8) is 0 Å². The van der Waals surface area contributed by atoms with Gasteiger partial charge in [0.1, 0.15) is 17.9 Å². The molecule has 0 aliphatic carbocycles. The molecule has 0 aliphatic heterocycles. The molecule has 3 aromatic rings. The highest BCUT2D eigenvalue weighted by Crippen LogP contribution is 2.38. The molecule has 1 heterocycles. The molecule has 7 nitrogen and oxygen atoms in total. The Morgan fingerprint density at radius 1 is 1.21 bits per heavy atom. The van der Waals surface area contributed by atoms with Crippen LogP contribution in [0.4, 0.5) is 34.8 Å². The van der Waals surface area contributed by atoms with Crippen molar-refractivity contribution in [1.82, 2.24) is 14.9 Å². The quantitative estimate of drug-likeness (QED) is 0.336. The first kappa shape index (κ1) is 25.2. The van der Waals surface area contributed by atoms with E-state index >= 15 is 0 Å². The Balaban J connectivity index is 1.99. The summed E-state index contributed by atoms with van der Waals surface area (Å²) in [6, 6.07) is 6.26. The molecule has 0 bridgehead atoms. The highest BCUT2D eigenvalue weighted by atomic mass is 35.5. The van der Waals surface area contributed by atoms with E-state index in [1.807, 2.05) is 0 Å². The summed E-state index contributed by atoms with van der Waals surface area (Å²) in [7, 11) is 4.81. The number of hydrogen-bond acceptors (Lipinski definition) is 6. The minimum Gasteiger partial charge on any atom is -0.494 e. The minimum absolute atomic E-state index is 0.0794. The fraction of sp³-hybridized carbons (Fsp3) is 0.227. The number of nitrogens with zero attached hydrogens (tertiary/aromatic N) is 3. The molecule has 0 saturated carbocycles. The topological polar surface area (TPSA) is 79.4 Å². The van der Waals surface area contributed by atoms with Crippen LogP contribution < -0.4 is 15.4 Å². The van der Waals surface area contributed by atoms with Gasteiger partial charge < -0.3 is 20.3 Å². The zero-order chi connectivity index (χ0) is 25.0. The first-order chi connectivity index (χ1) is 16.0. The Bertz CT molecular complexity index is 1250. The van der Waals surface area contributed by atoms with Crippen LogP contribution >= 0.6 is 11.6 Å². The number of rotatable bonds is 7. The highest BCUT2D eigenvalue weighted by molar-refractivity contribution is 6.31. The molecule has 0 radical (unpaired) electrons. The number of benzene rings is 2. The lowest BCUT2D eigenvalue weighted by Gasteiger charge is -2.15. The van der Waals surface area contributed by atoms with Crippen LogP contribution in [-0.4, -0.2) is 48.5 Å². The van der Waals surface area contributed by atoms with Crippen LogP contribution in [-0.2, 0) is 11.0 Å². The Hall–Kier alpha value is -3.44. The average molecular weight is 498 g/mol. The largest absolute Gasteiger partial charge is 0.494 e. The summed E-state index contributed by atoms with van der Waals surface area (Å²) in [5, 5.41) is 5.14. The number of aromatic nitrogens is 2.